The molecular formula is C14H11BrClF2N. The summed E-state index contributed by atoms with van der Waals surface area (Å²) in [4.78, 5) is 0. The molecule has 2 aromatic carbocycles. The van der Waals surface area contributed by atoms with Crippen molar-refractivity contribution in [2.45, 2.75) is 13.0 Å². The monoisotopic (exact) mass is 345 g/mol. The third-order valence-corrected chi connectivity index (χ3v) is 3.55. The van der Waals surface area contributed by atoms with Gasteiger partial charge in [-0.2, -0.15) is 0 Å². The molecule has 1 atom stereocenters. The third-order valence-electron chi connectivity index (χ3n) is 2.75. The summed E-state index contributed by atoms with van der Waals surface area (Å²) in [6.45, 7) is 1.85. The summed E-state index contributed by atoms with van der Waals surface area (Å²) in [6.07, 6.45) is 0. The van der Waals surface area contributed by atoms with E-state index in [1.54, 1.807) is 12.1 Å². The normalized spacial score (nSPS) is 12.3. The average molecular weight is 347 g/mol. The van der Waals surface area contributed by atoms with Gasteiger partial charge in [0.15, 0.2) is 11.6 Å². The van der Waals surface area contributed by atoms with E-state index in [1.165, 1.54) is 6.07 Å². The number of hydrogen-bond acceptors (Lipinski definition) is 1. The highest BCUT2D eigenvalue weighted by Crippen LogP contribution is 2.29. The zero-order chi connectivity index (χ0) is 14.0. The number of rotatable bonds is 3. The highest BCUT2D eigenvalue weighted by Gasteiger charge is 2.10. The van der Waals surface area contributed by atoms with Crippen LogP contribution in [0.25, 0.3) is 0 Å². The lowest BCUT2D eigenvalue weighted by atomic mass is 10.1. The van der Waals surface area contributed by atoms with Crippen LogP contribution in [0, 0.1) is 11.6 Å². The minimum absolute atomic E-state index is 0.186. The fourth-order valence-corrected chi connectivity index (χ4v) is 2.43. The number of halogens is 4. The standard InChI is InChI=1S/C14H11BrClF2N/c1-8(9-2-4-12(17)13(18)6-9)19-14-5-3-10(15)7-11(14)16/h2-8,19H,1H3. The van der Waals surface area contributed by atoms with Crippen molar-refractivity contribution in [3.8, 4) is 0 Å². The average Bonchev–Trinajstić information content (AvgIpc) is 2.36. The van der Waals surface area contributed by atoms with Crippen molar-refractivity contribution in [2.24, 2.45) is 0 Å². The van der Waals surface area contributed by atoms with E-state index < -0.39 is 11.6 Å². The smallest absolute Gasteiger partial charge is 0.159 e. The van der Waals surface area contributed by atoms with Crippen molar-refractivity contribution < 1.29 is 8.78 Å². The Hall–Kier alpha value is -1.13. The van der Waals surface area contributed by atoms with Crippen LogP contribution in [0.2, 0.25) is 5.02 Å². The summed E-state index contributed by atoms with van der Waals surface area (Å²) in [7, 11) is 0. The first-order chi connectivity index (χ1) is 8.97. The van der Waals surface area contributed by atoms with Gasteiger partial charge in [-0.3, -0.25) is 0 Å². The molecule has 1 N–H and O–H groups in total. The molecule has 19 heavy (non-hydrogen) atoms. The van der Waals surface area contributed by atoms with E-state index in [9.17, 15) is 8.78 Å². The summed E-state index contributed by atoms with van der Waals surface area (Å²) < 4.78 is 26.9. The van der Waals surface area contributed by atoms with Crippen LogP contribution >= 0.6 is 27.5 Å². The van der Waals surface area contributed by atoms with Crippen LogP contribution in [0.3, 0.4) is 0 Å². The van der Waals surface area contributed by atoms with Crippen molar-refractivity contribution >= 4 is 33.2 Å². The Balaban J connectivity index is 2.20. The van der Waals surface area contributed by atoms with Gasteiger partial charge in [0, 0.05) is 10.5 Å². The zero-order valence-corrected chi connectivity index (χ0v) is 12.4. The second kappa shape index (κ2) is 5.88. The van der Waals surface area contributed by atoms with E-state index in [2.05, 4.69) is 21.2 Å². The molecule has 0 aliphatic rings. The largest absolute Gasteiger partial charge is 0.377 e. The van der Waals surface area contributed by atoms with Gasteiger partial charge in [0.1, 0.15) is 0 Å². The lowest BCUT2D eigenvalue weighted by molar-refractivity contribution is 0.506. The molecule has 0 aliphatic carbocycles. The molecule has 0 bridgehead atoms. The van der Waals surface area contributed by atoms with Gasteiger partial charge < -0.3 is 5.32 Å². The van der Waals surface area contributed by atoms with Crippen LogP contribution < -0.4 is 5.32 Å². The molecule has 0 aliphatic heterocycles. The van der Waals surface area contributed by atoms with Crippen molar-refractivity contribution in [3.05, 3.63) is 63.1 Å². The summed E-state index contributed by atoms with van der Waals surface area (Å²) in [6, 6.07) is 9.10. The van der Waals surface area contributed by atoms with Crippen LogP contribution in [-0.2, 0) is 0 Å². The number of hydrogen-bond donors (Lipinski definition) is 1. The van der Waals surface area contributed by atoms with Gasteiger partial charge in [-0.15, -0.1) is 0 Å². The molecule has 1 unspecified atom stereocenters. The lowest BCUT2D eigenvalue weighted by Crippen LogP contribution is -2.07. The van der Waals surface area contributed by atoms with Crippen LogP contribution in [-0.4, -0.2) is 0 Å². The van der Waals surface area contributed by atoms with Gasteiger partial charge in [0.2, 0.25) is 0 Å². The molecule has 0 saturated carbocycles. The van der Waals surface area contributed by atoms with Crippen LogP contribution in [0.4, 0.5) is 14.5 Å². The molecule has 0 aromatic heterocycles. The summed E-state index contributed by atoms with van der Waals surface area (Å²) in [5.41, 5.74) is 1.39. The molecule has 2 aromatic rings. The molecule has 0 spiro atoms. The Morgan fingerprint density at radius 2 is 1.84 bits per heavy atom. The molecule has 0 radical (unpaired) electrons. The van der Waals surface area contributed by atoms with E-state index in [-0.39, 0.29) is 6.04 Å². The van der Waals surface area contributed by atoms with E-state index in [0.717, 1.165) is 16.2 Å². The van der Waals surface area contributed by atoms with Gasteiger partial charge in [-0.05, 0) is 42.8 Å². The van der Waals surface area contributed by atoms with E-state index in [1.807, 2.05) is 19.1 Å². The van der Waals surface area contributed by atoms with E-state index in [0.29, 0.717) is 10.6 Å². The molecule has 0 saturated heterocycles. The molecular weight excluding hydrogens is 336 g/mol. The third kappa shape index (κ3) is 3.45. The summed E-state index contributed by atoms with van der Waals surface area (Å²) in [5.74, 6) is -1.70. The molecule has 0 fully saturated rings. The first-order valence-corrected chi connectivity index (χ1v) is 6.81. The predicted octanol–water partition coefficient (Wildman–Crippen LogP) is 5.55. The van der Waals surface area contributed by atoms with E-state index >= 15 is 0 Å². The molecule has 1 nitrogen and oxygen atoms in total. The topological polar surface area (TPSA) is 12.0 Å². The SMILES string of the molecule is CC(Nc1ccc(Br)cc1Cl)c1ccc(F)c(F)c1. The van der Waals surface area contributed by atoms with Gasteiger partial charge in [0.05, 0.1) is 10.7 Å². The first kappa shape index (κ1) is 14.3. The Morgan fingerprint density at radius 1 is 1.11 bits per heavy atom. The zero-order valence-electron chi connectivity index (χ0n) is 10.1. The van der Waals surface area contributed by atoms with Gasteiger partial charge in [0.25, 0.3) is 0 Å². The Labute approximate surface area is 123 Å². The maximum Gasteiger partial charge on any atom is 0.159 e. The highest BCUT2D eigenvalue weighted by atomic mass is 79.9. The Kier molecular flexibility index (Phi) is 4.42. The molecule has 0 heterocycles. The van der Waals surface area contributed by atoms with Crippen molar-refractivity contribution in [1.82, 2.24) is 0 Å². The fraction of sp³-hybridized carbons (Fsp3) is 0.143. The summed E-state index contributed by atoms with van der Waals surface area (Å²) in [5, 5.41) is 3.72. The quantitative estimate of drug-likeness (QED) is 0.768. The lowest BCUT2D eigenvalue weighted by Gasteiger charge is -2.17. The first-order valence-electron chi connectivity index (χ1n) is 5.64. The Bertz CT molecular complexity index is 604. The van der Waals surface area contributed by atoms with E-state index in [4.69, 9.17) is 11.6 Å². The fourth-order valence-electron chi connectivity index (χ4n) is 1.70. The van der Waals surface area contributed by atoms with Gasteiger partial charge in [-0.25, -0.2) is 8.78 Å². The second-order valence-corrected chi connectivity index (χ2v) is 5.49. The highest BCUT2D eigenvalue weighted by molar-refractivity contribution is 9.10. The minimum Gasteiger partial charge on any atom is -0.377 e. The maximum atomic E-state index is 13.2. The number of nitrogens with one attached hydrogen (secondary N) is 1. The summed E-state index contributed by atoms with van der Waals surface area (Å²) >= 11 is 9.41. The van der Waals surface area contributed by atoms with Crippen LogP contribution in [0.15, 0.2) is 40.9 Å². The number of benzene rings is 2. The van der Waals surface area contributed by atoms with Crippen molar-refractivity contribution in [1.29, 1.82) is 0 Å². The molecule has 5 heteroatoms. The number of anilines is 1. The second-order valence-electron chi connectivity index (χ2n) is 4.16. The Morgan fingerprint density at radius 3 is 2.47 bits per heavy atom. The molecule has 2 rings (SSSR count). The predicted molar refractivity (Wildman–Crippen MR) is 77.5 cm³/mol. The molecule has 100 valence electrons. The maximum absolute atomic E-state index is 13.2. The van der Waals surface area contributed by atoms with Crippen molar-refractivity contribution in [3.63, 3.8) is 0 Å². The van der Waals surface area contributed by atoms with Gasteiger partial charge >= 0.3 is 0 Å². The molecule has 0 amide bonds. The van der Waals surface area contributed by atoms with Crippen LogP contribution in [0.5, 0.6) is 0 Å². The van der Waals surface area contributed by atoms with Crippen molar-refractivity contribution in [2.75, 3.05) is 5.32 Å². The van der Waals surface area contributed by atoms with Crippen LogP contribution in [0.1, 0.15) is 18.5 Å². The van der Waals surface area contributed by atoms with Gasteiger partial charge in [-0.1, -0.05) is 33.6 Å². The minimum atomic E-state index is -0.854.